The van der Waals surface area contributed by atoms with E-state index >= 15 is 0 Å². The topological polar surface area (TPSA) is 25.8 Å². The molecule has 2 nitrogen and oxygen atoms in total. The predicted octanol–water partition coefficient (Wildman–Crippen LogP) is 5.05. The Morgan fingerprint density at radius 3 is 2.67 bits per heavy atom. The number of halogens is 1. The molecule has 1 aromatic carbocycles. The lowest BCUT2D eigenvalue weighted by Gasteiger charge is -2.07. The van der Waals surface area contributed by atoms with Gasteiger partial charge in [-0.2, -0.15) is 0 Å². The molecule has 1 heterocycles. The van der Waals surface area contributed by atoms with Crippen molar-refractivity contribution >= 4 is 21.5 Å². The zero-order chi connectivity index (χ0) is 14.7. The summed E-state index contributed by atoms with van der Waals surface area (Å²) in [7, 11) is 0. The van der Waals surface area contributed by atoms with Gasteiger partial charge in [0.25, 0.3) is 0 Å². The van der Waals surface area contributed by atoms with E-state index in [4.69, 9.17) is 4.98 Å². The van der Waals surface area contributed by atoms with E-state index in [2.05, 4.69) is 64.3 Å². The van der Waals surface area contributed by atoms with Crippen molar-refractivity contribution in [1.82, 2.24) is 9.97 Å². The zero-order valence-electron chi connectivity index (χ0n) is 11.7. The van der Waals surface area contributed by atoms with Crippen LogP contribution in [0.3, 0.4) is 0 Å². The molecule has 1 aromatic heterocycles. The van der Waals surface area contributed by atoms with Gasteiger partial charge in [-0.15, -0.1) is 0 Å². The van der Waals surface area contributed by atoms with Gasteiger partial charge in [-0.25, -0.2) is 9.97 Å². The van der Waals surface area contributed by atoms with Crippen molar-refractivity contribution < 1.29 is 0 Å². The van der Waals surface area contributed by atoms with Crippen LogP contribution in [0.25, 0.3) is 16.8 Å². The second-order valence-electron chi connectivity index (χ2n) is 4.99. The van der Waals surface area contributed by atoms with Crippen LogP contribution in [0.15, 0.2) is 71.4 Å². The molecule has 0 amide bonds. The Morgan fingerprint density at radius 2 is 1.86 bits per heavy atom. The Kier molecular flexibility index (Phi) is 4.11. The van der Waals surface area contributed by atoms with Crippen LogP contribution in [-0.2, 0) is 0 Å². The molecule has 1 unspecified atom stereocenters. The largest absolute Gasteiger partial charge is 0.228 e. The van der Waals surface area contributed by atoms with E-state index in [0.717, 1.165) is 27.3 Å². The Bertz CT molecular complexity index is 730. The molecule has 0 fully saturated rings. The molecular weight excluding hydrogens is 324 g/mol. The molecule has 0 N–H and O–H groups in total. The highest BCUT2D eigenvalue weighted by Crippen LogP contribution is 2.24. The SMILES string of the molecule is CC1C=CC=CC(c2nc(Br)cc(-c3ccccc3)n2)=C1. The Balaban J connectivity index is 2.07. The quantitative estimate of drug-likeness (QED) is 0.716. The summed E-state index contributed by atoms with van der Waals surface area (Å²) in [5.74, 6) is 1.12. The van der Waals surface area contributed by atoms with Crippen LogP contribution < -0.4 is 0 Å². The molecule has 3 heteroatoms. The van der Waals surface area contributed by atoms with Crippen LogP contribution in [0.1, 0.15) is 12.7 Å². The lowest BCUT2D eigenvalue weighted by Crippen LogP contribution is -1.97. The summed E-state index contributed by atoms with van der Waals surface area (Å²) in [4.78, 5) is 9.23. The number of hydrogen-bond donors (Lipinski definition) is 0. The van der Waals surface area contributed by atoms with E-state index < -0.39 is 0 Å². The van der Waals surface area contributed by atoms with Crippen LogP contribution in [0.4, 0.5) is 0 Å². The molecular formula is C18H15BrN2. The standard InChI is InChI=1S/C18H15BrN2/c1-13-7-5-6-10-15(11-13)18-20-16(12-17(19)21-18)14-8-3-2-4-9-14/h2-13H,1H3. The highest BCUT2D eigenvalue weighted by atomic mass is 79.9. The summed E-state index contributed by atoms with van der Waals surface area (Å²) < 4.78 is 0.797. The van der Waals surface area contributed by atoms with Crippen LogP contribution in [0.2, 0.25) is 0 Å². The zero-order valence-corrected chi connectivity index (χ0v) is 13.3. The fraction of sp³-hybridized carbons (Fsp3) is 0.111. The van der Waals surface area contributed by atoms with Crippen LogP contribution >= 0.6 is 15.9 Å². The highest BCUT2D eigenvalue weighted by Gasteiger charge is 2.09. The van der Waals surface area contributed by atoms with E-state index in [1.54, 1.807) is 0 Å². The number of aromatic nitrogens is 2. The molecule has 3 rings (SSSR count). The third-order valence-electron chi connectivity index (χ3n) is 3.27. The summed E-state index contributed by atoms with van der Waals surface area (Å²) in [5.41, 5.74) is 3.06. The number of allylic oxidation sites excluding steroid dienone is 6. The lowest BCUT2D eigenvalue weighted by atomic mass is 10.1. The van der Waals surface area contributed by atoms with Gasteiger partial charge in [0.1, 0.15) is 4.60 Å². The monoisotopic (exact) mass is 338 g/mol. The summed E-state index contributed by atoms with van der Waals surface area (Å²) >= 11 is 3.49. The van der Waals surface area contributed by atoms with Crippen LogP contribution in [0.5, 0.6) is 0 Å². The van der Waals surface area contributed by atoms with E-state index in [-0.39, 0.29) is 0 Å². The van der Waals surface area contributed by atoms with E-state index in [0.29, 0.717) is 5.92 Å². The van der Waals surface area contributed by atoms with Gasteiger partial charge < -0.3 is 0 Å². The summed E-state index contributed by atoms with van der Waals surface area (Å²) in [6.45, 7) is 2.15. The molecule has 1 aliphatic rings. The van der Waals surface area contributed by atoms with Gasteiger partial charge in [0.2, 0.25) is 0 Å². The van der Waals surface area contributed by atoms with Crippen molar-refractivity contribution in [3.63, 3.8) is 0 Å². The minimum Gasteiger partial charge on any atom is -0.228 e. The Labute approximate surface area is 133 Å². The average molecular weight is 339 g/mol. The third kappa shape index (κ3) is 3.37. The molecule has 0 radical (unpaired) electrons. The molecule has 1 atom stereocenters. The van der Waals surface area contributed by atoms with Crippen molar-refractivity contribution in [2.24, 2.45) is 5.92 Å². The molecule has 21 heavy (non-hydrogen) atoms. The van der Waals surface area contributed by atoms with E-state index in [1.807, 2.05) is 30.3 Å². The van der Waals surface area contributed by atoms with E-state index in [9.17, 15) is 0 Å². The van der Waals surface area contributed by atoms with Crippen molar-refractivity contribution in [3.05, 3.63) is 77.2 Å². The van der Waals surface area contributed by atoms with Crippen LogP contribution in [0, 0.1) is 5.92 Å². The van der Waals surface area contributed by atoms with Crippen molar-refractivity contribution in [2.45, 2.75) is 6.92 Å². The van der Waals surface area contributed by atoms with Crippen LogP contribution in [-0.4, -0.2) is 9.97 Å². The molecule has 0 saturated heterocycles. The van der Waals surface area contributed by atoms with Gasteiger partial charge in [0.15, 0.2) is 5.82 Å². The van der Waals surface area contributed by atoms with Crippen molar-refractivity contribution in [3.8, 4) is 11.3 Å². The first-order chi connectivity index (χ1) is 10.2. The minimum atomic E-state index is 0.373. The normalized spacial score (nSPS) is 17.4. The fourth-order valence-electron chi connectivity index (χ4n) is 2.25. The number of rotatable bonds is 2. The maximum Gasteiger partial charge on any atom is 0.160 e. The third-order valence-corrected chi connectivity index (χ3v) is 3.67. The Morgan fingerprint density at radius 1 is 1.05 bits per heavy atom. The average Bonchev–Trinajstić information content (AvgIpc) is 2.72. The van der Waals surface area contributed by atoms with Crippen molar-refractivity contribution in [2.75, 3.05) is 0 Å². The first-order valence-corrected chi connectivity index (χ1v) is 7.69. The molecule has 1 aliphatic carbocycles. The maximum absolute atomic E-state index is 4.72. The second-order valence-corrected chi connectivity index (χ2v) is 5.80. The van der Waals surface area contributed by atoms with E-state index in [1.165, 1.54) is 0 Å². The molecule has 0 spiro atoms. The molecule has 0 bridgehead atoms. The van der Waals surface area contributed by atoms with Gasteiger partial charge in [0.05, 0.1) is 5.69 Å². The van der Waals surface area contributed by atoms with Gasteiger partial charge >= 0.3 is 0 Å². The summed E-state index contributed by atoms with van der Waals surface area (Å²) in [6, 6.07) is 12.1. The number of hydrogen-bond acceptors (Lipinski definition) is 2. The maximum atomic E-state index is 4.72. The minimum absolute atomic E-state index is 0.373. The van der Waals surface area contributed by atoms with Gasteiger partial charge in [-0.05, 0) is 27.9 Å². The number of benzene rings is 1. The summed E-state index contributed by atoms with van der Waals surface area (Å²) in [5, 5.41) is 0. The summed E-state index contributed by atoms with van der Waals surface area (Å²) in [6.07, 6.45) is 10.5. The Hall–Kier alpha value is -2.00. The molecule has 2 aromatic rings. The lowest BCUT2D eigenvalue weighted by molar-refractivity contribution is 0.941. The van der Waals surface area contributed by atoms with Gasteiger partial charge in [-0.1, -0.05) is 67.6 Å². The number of nitrogens with zero attached hydrogens (tertiary/aromatic N) is 2. The molecule has 0 aliphatic heterocycles. The fourth-order valence-corrected chi connectivity index (χ4v) is 2.63. The van der Waals surface area contributed by atoms with Crippen molar-refractivity contribution in [1.29, 1.82) is 0 Å². The van der Waals surface area contributed by atoms with Gasteiger partial charge in [0, 0.05) is 11.1 Å². The smallest absolute Gasteiger partial charge is 0.160 e. The predicted molar refractivity (Wildman–Crippen MR) is 90.6 cm³/mol. The van der Waals surface area contributed by atoms with Gasteiger partial charge in [-0.3, -0.25) is 0 Å². The second kappa shape index (κ2) is 6.19. The highest BCUT2D eigenvalue weighted by molar-refractivity contribution is 9.10. The first-order valence-electron chi connectivity index (χ1n) is 6.89. The molecule has 0 saturated carbocycles. The first kappa shape index (κ1) is 14.0. The molecule has 104 valence electrons.